The van der Waals surface area contributed by atoms with Gasteiger partial charge in [-0.15, -0.1) is 0 Å². The lowest BCUT2D eigenvalue weighted by Crippen LogP contribution is -2.37. The first-order valence-electron chi connectivity index (χ1n) is 5.56. The molecule has 106 valence electrons. The summed E-state index contributed by atoms with van der Waals surface area (Å²) in [6.45, 7) is -0.685. The molecular formula is C10H14N2O7. The van der Waals surface area contributed by atoms with Crippen molar-refractivity contribution in [3.05, 3.63) is 33.1 Å². The first kappa shape index (κ1) is 13.9. The average Bonchev–Trinajstić information content (AvgIpc) is 2.64. The van der Waals surface area contributed by atoms with E-state index in [2.05, 4.69) is 4.74 Å². The molecule has 1 aromatic rings. The van der Waals surface area contributed by atoms with Crippen molar-refractivity contribution < 1.29 is 24.8 Å². The number of aromatic amines is 1. The Bertz CT molecular complexity index is 539. The van der Waals surface area contributed by atoms with Crippen molar-refractivity contribution in [2.24, 2.45) is 0 Å². The molecule has 9 heteroatoms. The molecule has 1 saturated heterocycles. The zero-order chi connectivity index (χ0) is 14.0. The summed E-state index contributed by atoms with van der Waals surface area (Å²) in [6.07, 6.45) is -3.47. The molecule has 2 heterocycles. The molecule has 4 atom stereocenters. The summed E-state index contributed by atoms with van der Waals surface area (Å²) in [6, 6.07) is 1.10. The molecule has 1 aliphatic rings. The van der Waals surface area contributed by atoms with Crippen molar-refractivity contribution in [1.29, 1.82) is 0 Å². The maximum absolute atomic E-state index is 11.6. The third kappa shape index (κ3) is 2.74. The average molecular weight is 274 g/mol. The zero-order valence-electron chi connectivity index (χ0n) is 9.80. The molecule has 0 spiro atoms. The van der Waals surface area contributed by atoms with Gasteiger partial charge in [-0.25, -0.2) is 4.79 Å². The number of aliphatic hydroxyl groups excluding tert-OH is 3. The Morgan fingerprint density at radius 1 is 1.37 bits per heavy atom. The van der Waals surface area contributed by atoms with Crippen LogP contribution in [0.15, 0.2) is 21.9 Å². The summed E-state index contributed by atoms with van der Waals surface area (Å²) >= 11 is 0. The highest BCUT2D eigenvalue weighted by Crippen LogP contribution is 2.28. The number of aliphatic hydroxyl groups is 3. The van der Waals surface area contributed by atoms with Crippen molar-refractivity contribution in [2.45, 2.75) is 24.5 Å². The molecule has 4 N–H and O–H groups in total. The van der Waals surface area contributed by atoms with Crippen molar-refractivity contribution in [3.8, 4) is 0 Å². The highest BCUT2D eigenvalue weighted by molar-refractivity contribution is 4.93. The number of aromatic nitrogens is 2. The van der Waals surface area contributed by atoms with Gasteiger partial charge in [0.15, 0.2) is 6.23 Å². The summed E-state index contributed by atoms with van der Waals surface area (Å²) in [5.41, 5.74) is -1.33. The van der Waals surface area contributed by atoms with Crippen LogP contribution in [-0.2, 0) is 9.47 Å². The fraction of sp³-hybridized carbons (Fsp3) is 0.600. The van der Waals surface area contributed by atoms with Gasteiger partial charge in [0.25, 0.3) is 5.56 Å². The molecule has 0 amide bonds. The van der Waals surface area contributed by atoms with Crippen molar-refractivity contribution >= 4 is 0 Å². The minimum absolute atomic E-state index is 0.136. The summed E-state index contributed by atoms with van der Waals surface area (Å²) in [4.78, 5) is 24.5. The highest BCUT2D eigenvalue weighted by atomic mass is 16.6. The Hall–Kier alpha value is -1.52. The maximum atomic E-state index is 11.6. The lowest BCUT2D eigenvalue weighted by molar-refractivity contribution is -0.0938. The number of ether oxygens (including phenoxy) is 2. The minimum atomic E-state index is -1.35. The number of rotatable bonds is 4. The normalized spacial score (nSPS) is 30.7. The van der Waals surface area contributed by atoms with Crippen molar-refractivity contribution in [2.75, 3.05) is 13.4 Å². The molecule has 0 bridgehead atoms. The van der Waals surface area contributed by atoms with E-state index in [1.165, 1.54) is 0 Å². The van der Waals surface area contributed by atoms with Gasteiger partial charge in [-0.3, -0.25) is 14.3 Å². The van der Waals surface area contributed by atoms with Crippen LogP contribution in [0, 0.1) is 0 Å². The Labute approximate surface area is 106 Å². The molecule has 0 aliphatic carbocycles. The second kappa shape index (κ2) is 5.63. The van der Waals surface area contributed by atoms with Crippen LogP contribution >= 0.6 is 0 Å². The van der Waals surface area contributed by atoms with E-state index in [1.807, 2.05) is 4.98 Å². The molecule has 1 fully saturated rings. The van der Waals surface area contributed by atoms with Crippen LogP contribution in [0.2, 0.25) is 0 Å². The summed E-state index contributed by atoms with van der Waals surface area (Å²) in [5, 5.41) is 28.1. The number of nitrogens with one attached hydrogen (secondary N) is 1. The Morgan fingerprint density at radius 3 is 2.74 bits per heavy atom. The van der Waals surface area contributed by atoms with Gasteiger partial charge in [0, 0.05) is 12.3 Å². The van der Waals surface area contributed by atoms with Gasteiger partial charge in [0.1, 0.15) is 25.1 Å². The minimum Gasteiger partial charge on any atom is -0.387 e. The molecule has 1 aliphatic heterocycles. The Morgan fingerprint density at radius 2 is 2.11 bits per heavy atom. The van der Waals surface area contributed by atoms with Crippen LogP contribution < -0.4 is 11.2 Å². The van der Waals surface area contributed by atoms with E-state index in [9.17, 15) is 19.8 Å². The van der Waals surface area contributed by atoms with E-state index < -0.39 is 42.6 Å². The second-order valence-corrected chi connectivity index (χ2v) is 4.06. The summed E-state index contributed by atoms with van der Waals surface area (Å²) in [7, 11) is 0. The smallest absolute Gasteiger partial charge is 0.330 e. The quantitative estimate of drug-likeness (QED) is 0.433. The third-order valence-electron chi connectivity index (χ3n) is 2.84. The molecule has 1 aromatic heterocycles. The van der Waals surface area contributed by atoms with Crippen molar-refractivity contribution in [1.82, 2.24) is 9.55 Å². The SMILES string of the molecule is O=c1ccn([C@@H]2O[C@H](COCO)[C@@H](O)[C@H]2O)c(=O)[nH]1. The van der Waals surface area contributed by atoms with Gasteiger partial charge in [-0.1, -0.05) is 0 Å². The highest BCUT2D eigenvalue weighted by Gasteiger charge is 2.44. The molecule has 0 unspecified atom stereocenters. The Balaban J connectivity index is 2.21. The van der Waals surface area contributed by atoms with Crippen molar-refractivity contribution in [3.63, 3.8) is 0 Å². The van der Waals surface area contributed by atoms with E-state index in [0.717, 1.165) is 16.8 Å². The third-order valence-corrected chi connectivity index (χ3v) is 2.84. The second-order valence-electron chi connectivity index (χ2n) is 4.06. The standard InChI is InChI=1S/C10H14N2O7/c13-4-18-3-5-7(15)8(16)9(19-5)12-2-1-6(14)11-10(12)17/h1-2,5,7-9,13,15-16H,3-4H2,(H,11,14,17)/t5-,7-,8-,9-/m1/s1. The maximum Gasteiger partial charge on any atom is 0.330 e. The molecule has 0 saturated carbocycles. The zero-order valence-corrected chi connectivity index (χ0v) is 9.80. The molecule has 9 nitrogen and oxygen atoms in total. The van der Waals surface area contributed by atoms with Crippen LogP contribution in [-0.4, -0.2) is 56.6 Å². The first-order chi connectivity index (χ1) is 9.04. The predicted octanol–water partition coefficient (Wildman–Crippen LogP) is -2.88. The summed E-state index contributed by atoms with van der Waals surface area (Å²) in [5.74, 6) is 0. The van der Waals surface area contributed by atoms with E-state index in [0.29, 0.717) is 0 Å². The van der Waals surface area contributed by atoms with Gasteiger partial charge in [-0.05, 0) is 0 Å². The van der Waals surface area contributed by atoms with Gasteiger partial charge in [-0.2, -0.15) is 0 Å². The number of hydrogen-bond acceptors (Lipinski definition) is 7. The van der Waals surface area contributed by atoms with E-state index in [1.54, 1.807) is 0 Å². The predicted molar refractivity (Wildman–Crippen MR) is 60.3 cm³/mol. The molecule has 0 aromatic carbocycles. The van der Waals surface area contributed by atoms with Crippen LogP contribution in [0.25, 0.3) is 0 Å². The number of H-pyrrole nitrogens is 1. The van der Waals surface area contributed by atoms with Gasteiger partial charge >= 0.3 is 5.69 Å². The Kier molecular flexibility index (Phi) is 4.12. The summed E-state index contributed by atoms with van der Waals surface area (Å²) < 4.78 is 11.0. The number of nitrogens with zero attached hydrogens (tertiary/aromatic N) is 1. The van der Waals surface area contributed by atoms with Crippen LogP contribution in [0.3, 0.4) is 0 Å². The topological polar surface area (TPSA) is 134 Å². The van der Waals surface area contributed by atoms with E-state index in [-0.39, 0.29) is 6.61 Å². The molecule has 0 radical (unpaired) electrons. The van der Waals surface area contributed by atoms with Crippen LogP contribution in [0.5, 0.6) is 0 Å². The fourth-order valence-electron chi connectivity index (χ4n) is 1.89. The van der Waals surface area contributed by atoms with Crippen LogP contribution in [0.4, 0.5) is 0 Å². The van der Waals surface area contributed by atoms with Gasteiger partial charge < -0.3 is 24.8 Å². The monoisotopic (exact) mass is 274 g/mol. The van der Waals surface area contributed by atoms with Crippen LogP contribution in [0.1, 0.15) is 6.23 Å². The van der Waals surface area contributed by atoms with Gasteiger partial charge in [0.05, 0.1) is 6.61 Å². The molecular weight excluding hydrogens is 260 g/mol. The fourth-order valence-corrected chi connectivity index (χ4v) is 1.89. The molecule has 2 rings (SSSR count). The lowest BCUT2D eigenvalue weighted by atomic mass is 10.1. The lowest BCUT2D eigenvalue weighted by Gasteiger charge is -2.16. The first-order valence-corrected chi connectivity index (χ1v) is 5.56. The molecule has 19 heavy (non-hydrogen) atoms. The largest absolute Gasteiger partial charge is 0.387 e. The van der Waals surface area contributed by atoms with E-state index >= 15 is 0 Å². The van der Waals surface area contributed by atoms with E-state index in [4.69, 9.17) is 9.84 Å². The number of hydrogen-bond donors (Lipinski definition) is 4. The van der Waals surface area contributed by atoms with Gasteiger partial charge in [0.2, 0.25) is 0 Å².